The lowest BCUT2D eigenvalue weighted by Crippen LogP contribution is -2.03. The first-order valence-corrected chi connectivity index (χ1v) is 2.79. The van der Waals surface area contributed by atoms with Gasteiger partial charge in [0, 0.05) is 0 Å². The fourth-order valence-electron chi connectivity index (χ4n) is 0. The van der Waals surface area contributed by atoms with E-state index in [-0.39, 0.29) is 0 Å². The predicted molar refractivity (Wildman–Crippen MR) is 19.1 cm³/mol. The summed E-state index contributed by atoms with van der Waals surface area (Å²) in [6.45, 7) is 0. The summed E-state index contributed by atoms with van der Waals surface area (Å²) in [4.78, 5) is 0. The van der Waals surface area contributed by atoms with Crippen molar-refractivity contribution in [2.75, 3.05) is 5.94 Å². The van der Waals surface area contributed by atoms with Crippen molar-refractivity contribution in [3.05, 3.63) is 0 Å². The van der Waals surface area contributed by atoms with E-state index < -0.39 is 16.0 Å². The third kappa shape index (κ3) is 3.87. The zero-order valence-electron chi connectivity index (χ0n) is 2.88. The second-order valence-electron chi connectivity index (χ2n) is 0.744. The molecule has 0 aliphatic carbocycles. The van der Waals surface area contributed by atoms with Crippen LogP contribution in [0.5, 0.6) is 0 Å². The van der Waals surface area contributed by atoms with Crippen molar-refractivity contribution in [1.82, 2.24) is 5.14 Å². The third-order valence-corrected chi connectivity index (χ3v) is 0.510. The molecular weight excluding hydrogens is 106 g/mol. The van der Waals surface area contributed by atoms with Crippen LogP contribution in [0.15, 0.2) is 0 Å². The molecule has 37 valence electrons. The van der Waals surface area contributed by atoms with E-state index in [0.717, 1.165) is 0 Å². The molecule has 0 aromatic carbocycles. The van der Waals surface area contributed by atoms with Gasteiger partial charge >= 0.3 is 0 Å². The van der Waals surface area contributed by atoms with E-state index in [4.69, 9.17) is 10.2 Å². The Balaban J connectivity index is 3.85. The number of sulfonamides is 1. The number of hydrogen-bond donors (Lipinski definition) is 1. The maximum atomic E-state index is 9.42. The summed E-state index contributed by atoms with van der Waals surface area (Å²) < 4.78 is 18.8. The highest BCUT2D eigenvalue weighted by Crippen LogP contribution is 1.68. The largest absolute Gasteiger partial charge is 0.379 e. The van der Waals surface area contributed by atoms with Crippen molar-refractivity contribution in [1.29, 1.82) is 0 Å². The highest BCUT2D eigenvalue weighted by molar-refractivity contribution is 7.88. The first-order chi connectivity index (χ1) is 2.56. The lowest BCUT2D eigenvalue weighted by atomic mass is 11.7. The smallest absolute Gasteiger partial charge is 0.249 e. The highest BCUT2D eigenvalue weighted by Gasteiger charge is 1.94. The van der Waals surface area contributed by atoms with Crippen LogP contribution >= 0.6 is 0 Å². The van der Waals surface area contributed by atoms with Gasteiger partial charge in [0.25, 0.3) is 0 Å². The van der Waals surface area contributed by atoms with E-state index >= 15 is 0 Å². The van der Waals surface area contributed by atoms with Crippen molar-refractivity contribution >= 4 is 10.0 Å². The van der Waals surface area contributed by atoms with Gasteiger partial charge in [0.2, 0.25) is 10.0 Å². The van der Waals surface area contributed by atoms with Gasteiger partial charge in [-0.2, -0.15) is 0 Å². The van der Waals surface area contributed by atoms with Crippen LogP contribution in [-0.4, -0.2) is 19.5 Å². The summed E-state index contributed by atoms with van der Waals surface area (Å²) in [5, 5.41) is 13.5. The summed E-state index contributed by atoms with van der Waals surface area (Å²) in [5.74, 6) is -1.09. The van der Waals surface area contributed by atoms with Crippen LogP contribution in [-0.2, 0) is 10.0 Å². The zero-order valence-corrected chi connectivity index (χ0v) is 3.70. The Labute approximate surface area is 35.6 Å². The normalized spacial score (nSPS) is 11.7. The SMILES string of the molecule is [NH]S(=O)(=O)CO. The van der Waals surface area contributed by atoms with E-state index in [1.54, 1.807) is 0 Å². The fraction of sp³-hybridized carbons (Fsp3) is 1.00. The first-order valence-electron chi connectivity index (χ1n) is 1.14. The summed E-state index contributed by atoms with van der Waals surface area (Å²) >= 11 is 0. The van der Waals surface area contributed by atoms with E-state index in [2.05, 4.69) is 0 Å². The van der Waals surface area contributed by atoms with E-state index in [1.165, 1.54) is 0 Å². The topological polar surface area (TPSA) is 78.2 Å². The van der Waals surface area contributed by atoms with Crippen LogP contribution in [0, 0.1) is 0 Å². The van der Waals surface area contributed by atoms with Crippen molar-refractivity contribution < 1.29 is 13.5 Å². The molecule has 0 aromatic rings. The minimum Gasteiger partial charge on any atom is -0.379 e. The molecule has 0 atom stereocenters. The van der Waals surface area contributed by atoms with Crippen molar-refractivity contribution in [3.63, 3.8) is 0 Å². The van der Waals surface area contributed by atoms with Gasteiger partial charge in [0.15, 0.2) is 5.94 Å². The zero-order chi connectivity index (χ0) is 5.21. The predicted octanol–water partition coefficient (Wildman–Crippen LogP) is -1.45. The van der Waals surface area contributed by atoms with E-state index in [0.29, 0.717) is 0 Å². The van der Waals surface area contributed by atoms with Crippen LogP contribution in [0.25, 0.3) is 0 Å². The summed E-state index contributed by atoms with van der Waals surface area (Å²) in [6, 6.07) is 0. The second-order valence-corrected chi connectivity index (χ2v) is 2.23. The lowest BCUT2D eigenvalue weighted by molar-refractivity contribution is 0.358. The number of aliphatic hydroxyl groups is 1. The van der Waals surface area contributed by atoms with Crippen LogP contribution in [0.3, 0.4) is 0 Å². The second kappa shape index (κ2) is 1.55. The average molecular weight is 110 g/mol. The molecule has 0 unspecified atom stereocenters. The average Bonchev–Trinajstić information content (AvgIpc) is 1.35. The molecule has 0 aliphatic rings. The Hall–Kier alpha value is -0.130. The lowest BCUT2D eigenvalue weighted by Gasteiger charge is -1.79. The quantitative estimate of drug-likeness (QED) is 0.448. The Morgan fingerprint density at radius 1 is 1.67 bits per heavy atom. The minimum atomic E-state index is -3.86. The minimum absolute atomic E-state index is 1.09. The molecule has 5 heteroatoms. The molecule has 0 spiro atoms. The van der Waals surface area contributed by atoms with Crippen molar-refractivity contribution in [3.8, 4) is 0 Å². The number of rotatable bonds is 1. The molecule has 6 heavy (non-hydrogen) atoms. The third-order valence-electron chi connectivity index (χ3n) is 0.170. The van der Waals surface area contributed by atoms with Gasteiger partial charge in [0.1, 0.15) is 0 Å². The van der Waals surface area contributed by atoms with Gasteiger partial charge in [-0.15, -0.1) is 5.14 Å². The Kier molecular flexibility index (Phi) is 1.51. The van der Waals surface area contributed by atoms with Gasteiger partial charge in [-0.25, -0.2) is 8.42 Å². The van der Waals surface area contributed by atoms with Gasteiger partial charge in [0.05, 0.1) is 0 Å². The molecule has 0 saturated carbocycles. The number of hydrogen-bond acceptors (Lipinski definition) is 3. The number of aliphatic hydroxyl groups excluding tert-OH is 1. The Bertz CT molecular complexity index is 113. The van der Waals surface area contributed by atoms with Crippen molar-refractivity contribution in [2.45, 2.75) is 0 Å². The maximum Gasteiger partial charge on any atom is 0.249 e. The molecule has 1 radical (unpaired) electrons. The Morgan fingerprint density at radius 3 is 1.83 bits per heavy atom. The number of nitrogens with one attached hydrogen (secondary N) is 1. The fourth-order valence-corrected chi connectivity index (χ4v) is 0. The van der Waals surface area contributed by atoms with Crippen LogP contribution in [0.4, 0.5) is 0 Å². The van der Waals surface area contributed by atoms with Crippen LogP contribution < -0.4 is 5.14 Å². The molecule has 0 rings (SSSR count). The molecule has 0 saturated heterocycles. The molecule has 0 heterocycles. The molecule has 0 amide bonds. The van der Waals surface area contributed by atoms with Gasteiger partial charge in [-0.1, -0.05) is 0 Å². The Morgan fingerprint density at radius 2 is 1.83 bits per heavy atom. The van der Waals surface area contributed by atoms with Crippen LogP contribution in [0.2, 0.25) is 0 Å². The van der Waals surface area contributed by atoms with Gasteiger partial charge in [-0.05, 0) is 0 Å². The van der Waals surface area contributed by atoms with E-state index in [9.17, 15) is 8.42 Å². The summed E-state index contributed by atoms with van der Waals surface area (Å²) in [6.07, 6.45) is 0. The maximum absolute atomic E-state index is 9.42. The summed E-state index contributed by atoms with van der Waals surface area (Å²) in [5.41, 5.74) is 0. The monoisotopic (exact) mass is 110 g/mol. The van der Waals surface area contributed by atoms with Gasteiger partial charge < -0.3 is 5.11 Å². The standard InChI is InChI=1S/CH4NO3S/c2-6(4,5)1-3/h2-3H,1H2. The summed E-state index contributed by atoms with van der Waals surface area (Å²) in [7, 11) is -3.86. The highest BCUT2D eigenvalue weighted by atomic mass is 32.2. The van der Waals surface area contributed by atoms with E-state index in [1.807, 2.05) is 0 Å². The first kappa shape index (κ1) is 5.87. The molecule has 0 bridgehead atoms. The van der Waals surface area contributed by atoms with Gasteiger partial charge in [-0.3, -0.25) is 0 Å². The molecule has 0 aliphatic heterocycles. The molecule has 0 aromatic heterocycles. The molecule has 2 N–H and O–H groups in total. The molecule has 4 nitrogen and oxygen atoms in total. The van der Waals surface area contributed by atoms with Crippen molar-refractivity contribution in [2.24, 2.45) is 0 Å². The van der Waals surface area contributed by atoms with Crippen LogP contribution in [0.1, 0.15) is 0 Å². The molecule has 0 fully saturated rings. The molecular formula is CH4NO3S.